The highest BCUT2D eigenvalue weighted by molar-refractivity contribution is 7.58. The van der Waals surface area contributed by atoms with Gasteiger partial charge in [0.05, 0.1) is 0 Å². The lowest BCUT2D eigenvalue weighted by Gasteiger charge is -2.23. The van der Waals surface area contributed by atoms with Crippen molar-refractivity contribution >= 4 is 7.37 Å². The van der Waals surface area contributed by atoms with Crippen molar-refractivity contribution < 1.29 is 28.5 Å². The fourth-order valence-corrected chi connectivity index (χ4v) is 3.30. The van der Waals surface area contributed by atoms with Crippen LogP contribution in [-0.2, 0) is 4.57 Å². The molecule has 4 nitrogen and oxygen atoms in total. The quantitative estimate of drug-likeness (QED) is 0.758. The van der Waals surface area contributed by atoms with E-state index in [1.54, 1.807) is 0 Å². The summed E-state index contributed by atoms with van der Waals surface area (Å²) in [5.74, 6) is -4.87. The zero-order valence-electron chi connectivity index (χ0n) is 10.7. The summed E-state index contributed by atoms with van der Waals surface area (Å²) in [5, 5.41) is 19.9. The first-order valence-corrected chi connectivity index (χ1v) is 7.81. The molecule has 21 heavy (non-hydrogen) atoms. The molecule has 112 valence electrons. The Bertz CT molecular complexity index is 602. The van der Waals surface area contributed by atoms with Gasteiger partial charge in [0.15, 0.2) is 11.7 Å². The molecule has 7 heteroatoms. The Hall–Kier alpha value is -1.59. The van der Waals surface area contributed by atoms with Gasteiger partial charge in [0, 0.05) is 0 Å². The summed E-state index contributed by atoms with van der Waals surface area (Å²) >= 11 is 0. The number of halogens is 2. The van der Waals surface area contributed by atoms with E-state index in [1.165, 1.54) is 0 Å². The van der Waals surface area contributed by atoms with Gasteiger partial charge in [-0.1, -0.05) is 24.3 Å². The van der Waals surface area contributed by atoms with Crippen molar-refractivity contribution in [3.8, 4) is 0 Å². The standard InChI is InChI=1S/C14H13F2O4P/c15-11-5-1-9(2-6-11)13(17)21(19,20)14(18)10-3-7-12(16)8-4-10/h1-8,13-14,17-18H,(H,19,20). The molecule has 2 unspecified atom stereocenters. The predicted octanol–water partition coefficient (Wildman–Crippen LogP) is 2.92. The summed E-state index contributed by atoms with van der Waals surface area (Å²) in [6.07, 6.45) is 0. The lowest BCUT2D eigenvalue weighted by Crippen LogP contribution is -2.07. The molecule has 0 heterocycles. The van der Waals surface area contributed by atoms with Crippen molar-refractivity contribution in [1.82, 2.24) is 0 Å². The molecule has 0 saturated heterocycles. The first kappa shape index (κ1) is 15.8. The summed E-state index contributed by atoms with van der Waals surface area (Å²) in [6.45, 7) is 0. The van der Waals surface area contributed by atoms with E-state index in [4.69, 9.17) is 0 Å². The molecular weight excluding hydrogens is 301 g/mol. The molecule has 0 radical (unpaired) electrons. The van der Waals surface area contributed by atoms with Crippen LogP contribution in [0.3, 0.4) is 0 Å². The van der Waals surface area contributed by atoms with Crippen molar-refractivity contribution in [2.24, 2.45) is 0 Å². The molecule has 2 aromatic carbocycles. The fourth-order valence-electron chi connectivity index (χ4n) is 1.83. The number of aliphatic hydroxyl groups excluding tert-OH is 2. The number of hydrogen-bond acceptors (Lipinski definition) is 3. The molecule has 2 rings (SSSR count). The van der Waals surface area contributed by atoms with Gasteiger partial charge in [0.25, 0.3) is 7.37 Å². The Balaban J connectivity index is 2.29. The average Bonchev–Trinajstić information content (AvgIpc) is 2.47. The maximum absolute atomic E-state index is 12.8. The lowest BCUT2D eigenvalue weighted by molar-refractivity contribution is 0.186. The lowest BCUT2D eigenvalue weighted by atomic mass is 10.2. The van der Waals surface area contributed by atoms with Gasteiger partial charge < -0.3 is 15.1 Å². The van der Waals surface area contributed by atoms with Crippen LogP contribution < -0.4 is 0 Å². The van der Waals surface area contributed by atoms with E-state index in [1.807, 2.05) is 0 Å². The Morgan fingerprint density at radius 1 is 0.762 bits per heavy atom. The molecular formula is C14H13F2O4P. The molecule has 3 N–H and O–H groups in total. The maximum atomic E-state index is 12.8. The van der Waals surface area contributed by atoms with Gasteiger partial charge in [-0.3, -0.25) is 4.57 Å². The predicted molar refractivity (Wildman–Crippen MR) is 72.5 cm³/mol. The summed E-state index contributed by atoms with van der Waals surface area (Å²) in [5.41, 5.74) is 0.00629. The molecule has 0 aliphatic rings. The van der Waals surface area contributed by atoms with Crippen LogP contribution in [0.4, 0.5) is 8.78 Å². The minimum Gasteiger partial charge on any atom is -0.378 e. The zero-order valence-corrected chi connectivity index (χ0v) is 11.6. The van der Waals surface area contributed by atoms with Gasteiger partial charge in [-0.2, -0.15) is 0 Å². The molecule has 2 atom stereocenters. The molecule has 0 bridgehead atoms. The monoisotopic (exact) mass is 314 g/mol. The summed E-state index contributed by atoms with van der Waals surface area (Å²) < 4.78 is 37.9. The van der Waals surface area contributed by atoms with Crippen LogP contribution in [0.15, 0.2) is 48.5 Å². The minimum atomic E-state index is -4.48. The van der Waals surface area contributed by atoms with Gasteiger partial charge in [0.2, 0.25) is 0 Å². The van der Waals surface area contributed by atoms with Gasteiger partial charge in [-0.15, -0.1) is 0 Å². The molecule has 2 aromatic rings. The minimum absolute atomic E-state index is 0.00314. The van der Waals surface area contributed by atoms with Crippen LogP contribution in [0.2, 0.25) is 0 Å². The zero-order chi connectivity index (χ0) is 15.6. The number of rotatable bonds is 4. The summed E-state index contributed by atoms with van der Waals surface area (Å²) in [6, 6.07) is 8.73. The van der Waals surface area contributed by atoms with Crippen molar-refractivity contribution in [1.29, 1.82) is 0 Å². The van der Waals surface area contributed by atoms with Crippen LogP contribution >= 0.6 is 7.37 Å². The first-order valence-electron chi connectivity index (χ1n) is 6.01. The number of benzene rings is 2. The highest BCUT2D eigenvalue weighted by Gasteiger charge is 2.39. The Kier molecular flexibility index (Phi) is 4.54. The van der Waals surface area contributed by atoms with Gasteiger partial charge in [0.1, 0.15) is 11.6 Å². The summed E-state index contributed by atoms with van der Waals surface area (Å²) in [7, 11) is -4.48. The number of aliphatic hydroxyl groups is 2. The van der Waals surface area contributed by atoms with E-state index in [2.05, 4.69) is 0 Å². The highest BCUT2D eigenvalue weighted by atomic mass is 31.2. The Morgan fingerprint density at radius 2 is 1.05 bits per heavy atom. The van der Waals surface area contributed by atoms with Crippen molar-refractivity contribution in [2.75, 3.05) is 0 Å². The Labute approximate surface area is 119 Å². The van der Waals surface area contributed by atoms with Crippen LogP contribution in [0.1, 0.15) is 22.8 Å². The van der Waals surface area contributed by atoms with E-state index in [0.29, 0.717) is 0 Å². The summed E-state index contributed by atoms with van der Waals surface area (Å²) in [4.78, 5) is 9.97. The molecule has 0 aromatic heterocycles. The molecule has 0 aliphatic carbocycles. The smallest absolute Gasteiger partial charge is 0.264 e. The fraction of sp³-hybridized carbons (Fsp3) is 0.143. The second kappa shape index (κ2) is 6.03. The third kappa shape index (κ3) is 3.36. The van der Waals surface area contributed by atoms with E-state index >= 15 is 0 Å². The van der Waals surface area contributed by atoms with Crippen molar-refractivity contribution in [3.63, 3.8) is 0 Å². The van der Waals surface area contributed by atoms with Crippen molar-refractivity contribution in [2.45, 2.75) is 11.7 Å². The Morgan fingerprint density at radius 3 is 1.33 bits per heavy atom. The van der Waals surface area contributed by atoms with Gasteiger partial charge in [-0.25, -0.2) is 8.78 Å². The molecule has 0 aliphatic heterocycles. The highest BCUT2D eigenvalue weighted by Crippen LogP contribution is 2.63. The molecule has 0 fully saturated rings. The molecule has 0 saturated carbocycles. The van der Waals surface area contributed by atoms with Crippen LogP contribution in [0.5, 0.6) is 0 Å². The topological polar surface area (TPSA) is 77.8 Å². The van der Waals surface area contributed by atoms with E-state index in [0.717, 1.165) is 48.5 Å². The van der Waals surface area contributed by atoms with Gasteiger partial charge >= 0.3 is 0 Å². The second-order valence-electron chi connectivity index (χ2n) is 4.52. The molecule has 0 spiro atoms. The normalized spacial score (nSPS) is 17.0. The van der Waals surface area contributed by atoms with E-state index in [-0.39, 0.29) is 11.1 Å². The third-order valence-corrected chi connectivity index (χ3v) is 5.04. The van der Waals surface area contributed by atoms with Crippen LogP contribution in [-0.4, -0.2) is 15.1 Å². The maximum Gasteiger partial charge on any atom is 0.264 e. The SMILES string of the molecule is O=P(O)(C(O)c1ccc(F)cc1)C(O)c1ccc(F)cc1. The van der Waals surface area contributed by atoms with E-state index < -0.39 is 30.7 Å². The third-order valence-electron chi connectivity index (χ3n) is 3.04. The largest absolute Gasteiger partial charge is 0.378 e. The van der Waals surface area contributed by atoms with E-state index in [9.17, 15) is 28.5 Å². The van der Waals surface area contributed by atoms with Gasteiger partial charge in [-0.05, 0) is 35.4 Å². The average molecular weight is 314 g/mol. The van der Waals surface area contributed by atoms with Crippen molar-refractivity contribution in [3.05, 3.63) is 71.3 Å². The second-order valence-corrected chi connectivity index (χ2v) is 6.85. The molecule has 0 amide bonds. The first-order chi connectivity index (χ1) is 9.82. The van der Waals surface area contributed by atoms with Crippen LogP contribution in [0, 0.1) is 11.6 Å². The number of hydrogen-bond donors (Lipinski definition) is 3. The van der Waals surface area contributed by atoms with Crippen LogP contribution in [0.25, 0.3) is 0 Å².